The molecule has 0 aromatic heterocycles. The molecule has 0 aliphatic heterocycles. The Morgan fingerprint density at radius 1 is 0.302 bits per heavy atom. The third kappa shape index (κ3) is 5.41. The fraction of sp³-hybridized carbons (Fsp3) is 1.00. The maximum absolute atomic E-state index is 13.8. The third-order valence-electron chi connectivity index (χ3n) is 5.46. The summed E-state index contributed by atoms with van der Waals surface area (Å²) in [7, 11) is 2.46. The Morgan fingerprint density at radius 2 is 0.488 bits per heavy atom. The average molecular weight is 706 g/mol. The summed E-state index contributed by atoms with van der Waals surface area (Å²) in [5.41, 5.74) is 0. The van der Waals surface area contributed by atoms with Gasteiger partial charge in [0, 0.05) is 0 Å². The van der Waals surface area contributed by atoms with E-state index in [2.05, 4.69) is 0 Å². The third-order valence-corrected chi connectivity index (χ3v) is 5.46. The van der Waals surface area contributed by atoms with Gasteiger partial charge in [-0.1, -0.05) is 0 Å². The van der Waals surface area contributed by atoms with Crippen LogP contribution in [0.3, 0.4) is 0 Å². The van der Waals surface area contributed by atoms with Crippen molar-refractivity contribution >= 4 is 0 Å². The second-order valence-corrected chi connectivity index (χ2v) is 9.71. The molecule has 0 rings (SSSR count). The molecule has 0 unspecified atom stereocenters. The first-order chi connectivity index (χ1) is 18.0. The molecule has 0 atom stereocenters. The highest BCUT2D eigenvalue weighted by atomic mass is 19.4. The number of halogens is 25. The van der Waals surface area contributed by atoms with E-state index in [-0.39, 0.29) is 0 Å². The summed E-state index contributed by atoms with van der Waals surface area (Å²) in [6.07, 6.45) is -10.9. The molecule has 0 heterocycles. The van der Waals surface area contributed by atoms with Crippen LogP contribution in [-0.2, 0) is 0 Å². The summed E-state index contributed by atoms with van der Waals surface area (Å²) in [4.78, 5) is 0. The topological polar surface area (TPSA) is 0 Å². The molecular weight excluding hydrogens is 693 g/mol. The molecule has 43 heavy (non-hydrogen) atoms. The molecule has 0 aliphatic rings. The van der Waals surface area contributed by atoms with Crippen LogP contribution < -0.4 is 0 Å². The van der Waals surface area contributed by atoms with Crippen molar-refractivity contribution in [3.8, 4) is 0 Å². The molecule has 0 saturated heterocycles. The minimum atomic E-state index is -9.57. The van der Waals surface area contributed by atoms with Crippen LogP contribution in [0.25, 0.3) is 0 Å². The standard InChI is InChI=1S/C17H13F25N/c1-43(2,3)5-4-6(18,19)7(20,21)8(22,23)9(24,25)10(26,27)11(28,29)12(30,31)13(32,33)14(34,35)15(36,37)16(38,39)17(40,41)42/h4-5H2,1-3H3/q+1. The summed E-state index contributed by atoms with van der Waals surface area (Å²) in [6, 6.07) is 0. The zero-order chi connectivity index (χ0) is 35.9. The number of rotatable bonds is 13. The zero-order valence-electron chi connectivity index (χ0n) is 20.3. The molecule has 0 bridgehead atoms. The van der Waals surface area contributed by atoms with Crippen molar-refractivity contribution in [2.24, 2.45) is 0 Å². The Hall–Kier alpha value is -1.79. The van der Waals surface area contributed by atoms with Crippen LogP contribution in [0.1, 0.15) is 6.42 Å². The highest BCUT2D eigenvalue weighted by Gasteiger charge is 2.99. The Morgan fingerprint density at radius 3 is 0.674 bits per heavy atom. The van der Waals surface area contributed by atoms with E-state index in [4.69, 9.17) is 0 Å². The average Bonchev–Trinajstić information content (AvgIpc) is 2.75. The van der Waals surface area contributed by atoms with Crippen LogP contribution in [0, 0.1) is 0 Å². The SMILES string of the molecule is C[N+](C)(C)CCC(F)(F)C(F)(F)C(F)(F)C(F)(F)C(F)(F)C(F)(F)C(F)(F)C(F)(F)C(F)(F)C(F)(F)C(F)(F)C(F)(F)F. The van der Waals surface area contributed by atoms with Gasteiger partial charge in [0.05, 0.1) is 34.1 Å². The fourth-order valence-corrected chi connectivity index (χ4v) is 2.62. The maximum atomic E-state index is 13.8. The molecule has 0 saturated carbocycles. The van der Waals surface area contributed by atoms with Gasteiger partial charge in [-0.05, 0) is 0 Å². The van der Waals surface area contributed by atoms with Crippen molar-refractivity contribution < 1.29 is 114 Å². The zero-order valence-corrected chi connectivity index (χ0v) is 20.3. The summed E-state index contributed by atoms with van der Waals surface area (Å²) >= 11 is 0. The summed E-state index contributed by atoms with van der Waals surface area (Å²) in [6.45, 7) is -1.47. The van der Waals surface area contributed by atoms with Gasteiger partial charge >= 0.3 is 71.3 Å². The smallest absolute Gasteiger partial charge is 0.331 e. The lowest BCUT2D eigenvalue weighted by Gasteiger charge is -2.45. The first-order valence-corrected chi connectivity index (χ1v) is 9.99. The van der Waals surface area contributed by atoms with E-state index in [9.17, 15) is 110 Å². The number of quaternary nitrogens is 1. The first kappa shape index (κ1) is 41.2. The van der Waals surface area contributed by atoms with E-state index < -0.39 is 88.8 Å². The number of hydrogen-bond donors (Lipinski definition) is 0. The minimum absolute atomic E-state index is 0.821. The van der Waals surface area contributed by atoms with Crippen molar-refractivity contribution in [1.82, 2.24) is 0 Å². The molecule has 0 fully saturated rings. The van der Waals surface area contributed by atoms with Crippen LogP contribution in [-0.4, -0.2) is 103 Å². The minimum Gasteiger partial charge on any atom is -0.331 e. The van der Waals surface area contributed by atoms with Crippen LogP contribution in [0.5, 0.6) is 0 Å². The van der Waals surface area contributed by atoms with Crippen LogP contribution >= 0.6 is 0 Å². The lowest BCUT2D eigenvalue weighted by atomic mass is 9.84. The van der Waals surface area contributed by atoms with E-state index in [1.165, 1.54) is 0 Å². The monoisotopic (exact) mass is 706 g/mol. The van der Waals surface area contributed by atoms with Gasteiger partial charge < -0.3 is 4.48 Å². The normalized spacial score (nSPS) is 17.0. The summed E-state index contributed by atoms with van der Waals surface area (Å²) in [5, 5.41) is 0. The molecule has 0 N–H and O–H groups in total. The van der Waals surface area contributed by atoms with Gasteiger partial charge in [-0.15, -0.1) is 0 Å². The van der Waals surface area contributed by atoms with Gasteiger partial charge in [0.15, 0.2) is 0 Å². The first-order valence-electron chi connectivity index (χ1n) is 9.99. The lowest BCUT2D eigenvalue weighted by Crippen LogP contribution is -2.78. The largest absolute Gasteiger partial charge is 0.460 e. The number of alkyl halides is 25. The highest BCUT2D eigenvalue weighted by Crippen LogP contribution is 2.67. The van der Waals surface area contributed by atoms with Crippen molar-refractivity contribution in [3.05, 3.63) is 0 Å². The van der Waals surface area contributed by atoms with E-state index in [1.807, 2.05) is 0 Å². The second kappa shape index (κ2) is 10.1. The molecule has 0 aromatic rings. The van der Waals surface area contributed by atoms with Crippen LogP contribution in [0.4, 0.5) is 110 Å². The van der Waals surface area contributed by atoms with Gasteiger partial charge in [-0.2, -0.15) is 110 Å². The van der Waals surface area contributed by atoms with Crippen molar-refractivity contribution in [2.75, 3.05) is 27.7 Å². The molecule has 1 nitrogen and oxygen atoms in total. The van der Waals surface area contributed by atoms with Gasteiger partial charge in [-0.25, -0.2) is 0 Å². The van der Waals surface area contributed by atoms with E-state index in [1.54, 1.807) is 0 Å². The molecule has 26 heteroatoms. The fourth-order valence-electron chi connectivity index (χ4n) is 2.62. The molecule has 0 amide bonds. The predicted octanol–water partition coefficient (Wildman–Crippen LogP) is 8.63. The van der Waals surface area contributed by atoms with E-state index in [0.717, 1.165) is 21.1 Å². The second-order valence-electron chi connectivity index (χ2n) is 9.71. The molecule has 0 aliphatic carbocycles. The Labute approximate surface area is 221 Å². The van der Waals surface area contributed by atoms with E-state index >= 15 is 0 Å². The van der Waals surface area contributed by atoms with Gasteiger partial charge in [-0.3, -0.25) is 0 Å². The number of nitrogens with zero attached hydrogens (tertiary/aromatic N) is 1. The van der Waals surface area contributed by atoms with Crippen LogP contribution in [0.15, 0.2) is 0 Å². The van der Waals surface area contributed by atoms with Crippen molar-refractivity contribution in [3.63, 3.8) is 0 Å². The van der Waals surface area contributed by atoms with Gasteiger partial charge in [0.1, 0.15) is 0 Å². The Bertz CT molecular complexity index is 996. The lowest BCUT2D eigenvalue weighted by molar-refractivity contribution is -0.871. The molecule has 0 spiro atoms. The summed E-state index contributed by atoms with van der Waals surface area (Å²) in [5.74, 6) is -97.8. The maximum Gasteiger partial charge on any atom is 0.460 e. The van der Waals surface area contributed by atoms with Crippen LogP contribution in [0.2, 0.25) is 0 Å². The Balaban J connectivity index is 7.25. The van der Waals surface area contributed by atoms with E-state index in [0.29, 0.717) is 0 Å². The molecule has 0 aromatic carbocycles. The Kier molecular flexibility index (Phi) is 9.69. The highest BCUT2D eigenvalue weighted by molar-refractivity contribution is 5.19. The molecule has 0 radical (unpaired) electrons. The van der Waals surface area contributed by atoms with Crippen molar-refractivity contribution in [1.29, 1.82) is 0 Å². The number of hydrogen-bond acceptors (Lipinski definition) is 0. The molecule has 260 valence electrons. The van der Waals surface area contributed by atoms with Crippen molar-refractivity contribution in [2.45, 2.75) is 77.7 Å². The quantitative estimate of drug-likeness (QED) is 0.133. The summed E-state index contributed by atoms with van der Waals surface area (Å²) < 4.78 is 333. The van der Waals surface area contributed by atoms with Gasteiger partial charge in [0.2, 0.25) is 0 Å². The predicted molar refractivity (Wildman–Crippen MR) is 88.0 cm³/mol. The molecular formula is C17H13F25N+. The van der Waals surface area contributed by atoms with Gasteiger partial charge in [0.25, 0.3) is 0 Å².